The van der Waals surface area contributed by atoms with Gasteiger partial charge in [-0.05, 0) is 40.3 Å². The van der Waals surface area contributed by atoms with Crippen molar-refractivity contribution in [2.45, 2.75) is 0 Å². The van der Waals surface area contributed by atoms with E-state index in [1.165, 1.54) is 3.57 Å². The molecule has 1 heteroatoms. The minimum absolute atomic E-state index is 1.09. The number of hydrogen-bond acceptors (Lipinski definition) is 0. The van der Waals surface area contributed by atoms with Gasteiger partial charge >= 0.3 is 0 Å². The van der Waals surface area contributed by atoms with Crippen molar-refractivity contribution >= 4 is 22.6 Å². The zero-order valence-electron chi connectivity index (χ0n) is 5.34. The molecule has 0 amide bonds. The molecule has 0 bridgehead atoms. The lowest BCUT2D eigenvalue weighted by Crippen LogP contribution is -1.77. The molecule has 0 nitrogen and oxygen atoms in total. The highest BCUT2D eigenvalue weighted by atomic mass is 127. The molecule has 0 heterocycles. The number of rotatable bonds is 1. The standard InChI is InChI=1S/C9H6I/c1-2-3-8-4-6-9(10)7-5-8/h1,3-7H. The van der Waals surface area contributed by atoms with E-state index in [1.54, 1.807) is 6.42 Å². The van der Waals surface area contributed by atoms with Crippen LogP contribution >= 0.6 is 22.6 Å². The number of benzene rings is 1. The van der Waals surface area contributed by atoms with Crippen LogP contribution < -0.4 is 0 Å². The van der Waals surface area contributed by atoms with Crippen molar-refractivity contribution in [3.8, 4) is 12.3 Å². The second-order valence-corrected chi connectivity index (χ2v) is 3.11. The lowest BCUT2D eigenvalue weighted by atomic mass is 10.2. The lowest BCUT2D eigenvalue weighted by Gasteiger charge is -1.92. The van der Waals surface area contributed by atoms with Crippen molar-refractivity contribution < 1.29 is 0 Å². The van der Waals surface area contributed by atoms with E-state index in [0.29, 0.717) is 0 Å². The van der Waals surface area contributed by atoms with Crippen LogP contribution in [0.3, 0.4) is 0 Å². The van der Waals surface area contributed by atoms with Crippen LogP contribution in [0.25, 0.3) is 0 Å². The van der Waals surface area contributed by atoms with Gasteiger partial charge in [0.15, 0.2) is 0 Å². The summed E-state index contributed by atoms with van der Waals surface area (Å²) < 4.78 is 1.23. The molecule has 0 saturated carbocycles. The van der Waals surface area contributed by atoms with Gasteiger partial charge in [-0.3, -0.25) is 0 Å². The summed E-state index contributed by atoms with van der Waals surface area (Å²) >= 11 is 2.26. The first kappa shape index (κ1) is 7.62. The smallest absolute Gasteiger partial charge is 0.0628 e. The molecule has 1 aromatic rings. The summed E-state index contributed by atoms with van der Waals surface area (Å²) in [7, 11) is 0. The molecule has 49 valence electrons. The van der Waals surface area contributed by atoms with Crippen molar-refractivity contribution in [2.75, 3.05) is 0 Å². The van der Waals surface area contributed by atoms with Gasteiger partial charge in [0.1, 0.15) is 0 Å². The van der Waals surface area contributed by atoms with Crippen LogP contribution in [0, 0.1) is 22.3 Å². The first-order chi connectivity index (χ1) is 4.83. The van der Waals surface area contributed by atoms with E-state index in [9.17, 15) is 0 Å². The highest BCUT2D eigenvalue weighted by Gasteiger charge is 1.88. The van der Waals surface area contributed by atoms with Crippen LogP contribution in [-0.4, -0.2) is 0 Å². The Labute approximate surface area is 74.8 Å². The second kappa shape index (κ2) is 3.62. The third kappa shape index (κ3) is 2.03. The van der Waals surface area contributed by atoms with E-state index < -0.39 is 0 Å². The maximum atomic E-state index is 5.09. The van der Waals surface area contributed by atoms with Crippen molar-refractivity contribution in [1.29, 1.82) is 0 Å². The maximum absolute atomic E-state index is 5.09. The van der Waals surface area contributed by atoms with Crippen molar-refractivity contribution in [3.63, 3.8) is 0 Å². The molecule has 0 aliphatic carbocycles. The molecule has 0 saturated heterocycles. The van der Waals surface area contributed by atoms with Gasteiger partial charge in [-0.2, -0.15) is 0 Å². The topological polar surface area (TPSA) is 0 Å². The van der Waals surface area contributed by atoms with Crippen molar-refractivity contribution in [3.05, 3.63) is 39.8 Å². The Bertz CT molecular complexity index is 240. The fourth-order valence-electron chi connectivity index (χ4n) is 0.655. The first-order valence-electron chi connectivity index (χ1n) is 2.88. The molecule has 0 aromatic heterocycles. The third-order valence-electron chi connectivity index (χ3n) is 1.12. The molecule has 10 heavy (non-hydrogen) atoms. The Morgan fingerprint density at radius 1 is 1.30 bits per heavy atom. The van der Waals surface area contributed by atoms with Gasteiger partial charge in [0.2, 0.25) is 0 Å². The molecule has 0 unspecified atom stereocenters. The predicted octanol–water partition coefficient (Wildman–Crippen LogP) is 2.48. The van der Waals surface area contributed by atoms with E-state index in [4.69, 9.17) is 6.42 Å². The molecule has 0 spiro atoms. The normalized spacial score (nSPS) is 8.80. The summed E-state index contributed by atoms with van der Waals surface area (Å²) in [6, 6.07) is 8.07. The lowest BCUT2D eigenvalue weighted by molar-refractivity contribution is 1.53. The molecule has 1 radical (unpaired) electrons. The highest BCUT2D eigenvalue weighted by Crippen LogP contribution is 2.07. The van der Waals surface area contributed by atoms with Crippen LogP contribution in [0.2, 0.25) is 0 Å². The van der Waals surface area contributed by atoms with E-state index in [0.717, 1.165) is 5.56 Å². The Hall–Kier alpha value is -0.490. The van der Waals surface area contributed by atoms with Gasteiger partial charge in [-0.1, -0.05) is 18.1 Å². The average Bonchev–Trinajstić information content (AvgIpc) is 1.95. The van der Waals surface area contributed by atoms with E-state index in [2.05, 4.69) is 28.5 Å². The minimum atomic E-state index is 1.09. The zero-order valence-corrected chi connectivity index (χ0v) is 7.50. The Kier molecular flexibility index (Phi) is 2.76. The summed E-state index contributed by atoms with van der Waals surface area (Å²) in [5, 5.41) is 0. The summed E-state index contributed by atoms with van der Waals surface area (Å²) in [4.78, 5) is 0. The van der Waals surface area contributed by atoms with Crippen molar-refractivity contribution in [1.82, 2.24) is 0 Å². The Morgan fingerprint density at radius 2 is 1.90 bits per heavy atom. The molecular weight excluding hydrogens is 235 g/mol. The minimum Gasteiger partial charge on any atom is -0.119 e. The van der Waals surface area contributed by atoms with Gasteiger partial charge in [-0.15, -0.1) is 6.42 Å². The average molecular weight is 241 g/mol. The SMILES string of the molecule is C#C[CH]c1ccc(I)cc1. The largest absolute Gasteiger partial charge is 0.119 e. The summed E-state index contributed by atoms with van der Waals surface area (Å²) in [6.07, 6.45) is 6.84. The van der Waals surface area contributed by atoms with Gasteiger partial charge in [0, 0.05) is 3.57 Å². The summed E-state index contributed by atoms with van der Waals surface area (Å²) in [5.41, 5.74) is 1.09. The second-order valence-electron chi connectivity index (χ2n) is 1.86. The number of hydrogen-bond donors (Lipinski definition) is 0. The van der Waals surface area contributed by atoms with E-state index in [-0.39, 0.29) is 0 Å². The molecule has 0 N–H and O–H groups in total. The zero-order chi connectivity index (χ0) is 7.40. The van der Waals surface area contributed by atoms with Gasteiger partial charge in [0.25, 0.3) is 0 Å². The molecule has 0 atom stereocenters. The molecule has 0 fully saturated rings. The van der Waals surface area contributed by atoms with Crippen LogP contribution in [0.1, 0.15) is 5.56 Å². The monoisotopic (exact) mass is 241 g/mol. The fourth-order valence-corrected chi connectivity index (χ4v) is 1.01. The number of terminal acetylenes is 1. The predicted molar refractivity (Wildman–Crippen MR) is 51.4 cm³/mol. The van der Waals surface area contributed by atoms with Crippen LogP contribution in [0.5, 0.6) is 0 Å². The van der Waals surface area contributed by atoms with E-state index in [1.807, 2.05) is 24.3 Å². The van der Waals surface area contributed by atoms with Gasteiger partial charge in [-0.25, -0.2) is 0 Å². The Balaban J connectivity index is 2.81. The van der Waals surface area contributed by atoms with Gasteiger partial charge in [0.05, 0.1) is 6.42 Å². The van der Waals surface area contributed by atoms with Crippen LogP contribution in [0.15, 0.2) is 24.3 Å². The number of halogens is 1. The van der Waals surface area contributed by atoms with Gasteiger partial charge < -0.3 is 0 Å². The summed E-state index contributed by atoms with van der Waals surface area (Å²) in [6.45, 7) is 0. The van der Waals surface area contributed by atoms with Crippen LogP contribution in [0.4, 0.5) is 0 Å². The third-order valence-corrected chi connectivity index (χ3v) is 1.84. The molecule has 1 aromatic carbocycles. The molecule has 1 rings (SSSR count). The molecule has 0 aliphatic rings. The highest BCUT2D eigenvalue weighted by molar-refractivity contribution is 14.1. The molecular formula is C9H6I. The van der Waals surface area contributed by atoms with Crippen LogP contribution in [-0.2, 0) is 0 Å². The van der Waals surface area contributed by atoms with Crippen molar-refractivity contribution in [2.24, 2.45) is 0 Å². The first-order valence-corrected chi connectivity index (χ1v) is 3.96. The molecule has 0 aliphatic heterocycles. The Morgan fingerprint density at radius 3 is 2.40 bits per heavy atom. The summed E-state index contributed by atoms with van der Waals surface area (Å²) in [5.74, 6) is 2.48. The maximum Gasteiger partial charge on any atom is 0.0628 e. The fraction of sp³-hybridized carbons (Fsp3) is 0. The quantitative estimate of drug-likeness (QED) is 0.523. The van der Waals surface area contributed by atoms with E-state index >= 15 is 0 Å².